The van der Waals surface area contributed by atoms with E-state index in [1.807, 2.05) is 25.2 Å². The van der Waals surface area contributed by atoms with Crippen LogP contribution < -0.4 is 15.1 Å². The predicted molar refractivity (Wildman–Crippen MR) is 112 cm³/mol. The second kappa shape index (κ2) is 8.26. The highest BCUT2D eigenvalue weighted by Crippen LogP contribution is 2.31. The minimum atomic E-state index is -0.428. The molecule has 0 fully saturated rings. The van der Waals surface area contributed by atoms with Crippen molar-refractivity contribution >= 4 is 23.2 Å². The minimum absolute atomic E-state index is 0.113. The second-order valence-corrected chi connectivity index (χ2v) is 6.97. The van der Waals surface area contributed by atoms with E-state index in [0.717, 1.165) is 12.0 Å². The van der Waals surface area contributed by atoms with E-state index >= 15 is 0 Å². The van der Waals surface area contributed by atoms with Crippen molar-refractivity contribution in [1.82, 2.24) is 9.97 Å². The van der Waals surface area contributed by atoms with Crippen LogP contribution in [0, 0.1) is 5.82 Å². The summed E-state index contributed by atoms with van der Waals surface area (Å²) < 4.78 is 14.4. The highest BCUT2D eigenvalue weighted by molar-refractivity contribution is 5.98. The van der Waals surface area contributed by atoms with Crippen molar-refractivity contribution in [1.29, 1.82) is 0 Å². The minimum Gasteiger partial charge on any atom is -0.369 e. The molecule has 29 heavy (non-hydrogen) atoms. The lowest BCUT2D eigenvalue weighted by atomic mass is 10.1. The molecule has 1 N–H and O–H groups in total. The van der Waals surface area contributed by atoms with Crippen molar-refractivity contribution in [3.63, 3.8) is 0 Å². The van der Waals surface area contributed by atoms with Gasteiger partial charge < -0.3 is 15.1 Å². The van der Waals surface area contributed by atoms with Gasteiger partial charge in [-0.15, -0.1) is 0 Å². The van der Waals surface area contributed by atoms with Gasteiger partial charge in [0, 0.05) is 13.6 Å². The van der Waals surface area contributed by atoms with Crippen LogP contribution in [0.25, 0.3) is 0 Å². The van der Waals surface area contributed by atoms with Crippen molar-refractivity contribution in [2.75, 3.05) is 35.3 Å². The Hall–Kier alpha value is -3.48. The van der Waals surface area contributed by atoms with Crippen molar-refractivity contribution < 1.29 is 9.18 Å². The number of likely N-dealkylation sites (N-methyl/N-ethyl adjacent to an activating group) is 1. The second-order valence-electron chi connectivity index (χ2n) is 6.97. The summed E-state index contributed by atoms with van der Waals surface area (Å²) in [6, 6.07) is 16.5. The molecule has 6 nitrogen and oxygen atoms in total. The SMILES string of the molecule is CN1CC(=O)N(c2ccccc2F)Cc2c(NCCc3ccccc3)ncnc21. The molecule has 148 valence electrons. The summed E-state index contributed by atoms with van der Waals surface area (Å²) in [5.41, 5.74) is 2.26. The largest absolute Gasteiger partial charge is 0.369 e. The smallest absolute Gasteiger partial charge is 0.246 e. The average Bonchev–Trinajstić information content (AvgIpc) is 2.86. The number of benzene rings is 2. The standard InChI is InChI=1S/C22H22FN5O/c1-27-14-20(29)28(19-10-6-5-9-18(19)23)13-17-21(25-15-26-22(17)27)24-12-11-16-7-3-2-4-8-16/h2-10,15H,11-14H2,1H3,(H,24,25,26). The predicted octanol–water partition coefficient (Wildman–Crippen LogP) is 3.25. The van der Waals surface area contributed by atoms with Crippen molar-refractivity contribution in [2.24, 2.45) is 0 Å². The molecule has 7 heteroatoms. The van der Waals surface area contributed by atoms with Crippen LogP contribution in [0.2, 0.25) is 0 Å². The summed E-state index contributed by atoms with van der Waals surface area (Å²) in [4.78, 5) is 24.8. The fourth-order valence-electron chi connectivity index (χ4n) is 3.50. The molecule has 3 aromatic rings. The number of fused-ring (bicyclic) bond motifs is 1. The molecule has 1 aliphatic heterocycles. The first-order chi connectivity index (χ1) is 14.1. The van der Waals surface area contributed by atoms with E-state index in [0.29, 0.717) is 18.2 Å². The van der Waals surface area contributed by atoms with Gasteiger partial charge in [-0.2, -0.15) is 0 Å². The molecule has 0 bridgehead atoms. The van der Waals surface area contributed by atoms with Crippen LogP contribution >= 0.6 is 0 Å². The summed E-state index contributed by atoms with van der Waals surface area (Å²) in [5.74, 6) is 0.719. The van der Waals surface area contributed by atoms with Gasteiger partial charge in [-0.1, -0.05) is 42.5 Å². The molecule has 0 radical (unpaired) electrons. The molecule has 2 heterocycles. The maximum atomic E-state index is 14.4. The van der Waals surface area contributed by atoms with Crippen LogP contribution in [0.3, 0.4) is 0 Å². The zero-order valence-electron chi connectivity index (χ0n) is 16.2. The number of nitrogens with one attached hydrogen (secondary N) is 1. The number of aromatic nitrogens is 2. The lowest BCUT2D eigenvalue weighted by Crippen LogP contribution is -2.36. The number of amides is 1. The zero-order valence-corrected chi connectivity index (χ0v) is 16.2. The Labute approximate surface area is 169 Å². The van der Waals surface area contributed by atoms with Gasteiger partial charge in [0.1, 0.15) is 23.8 Å². The Morgan fingerprint density at radius 3 is 2.59 bits per heavy atom. The first-order valence-corrected chi connectivity index (χ1v) is 9.51. The Bertz CT molecular complexity index is 1010. The van der Waals surface area contributed by atoms with E-state index in [2.05, 4.69) is 27.4 Å². The maximum Gasteiger partial charge on any atom is 0.246 e. The Balaban J connectivity index is 1.61. The molecule has 1 amide bonds. The molecule has 0 spiro atoms. The van der Waals surface area contributed by atoms with Gasteiger partial charge in [0.15, 0.2) is 0 Å². The molecular weight excluding hydrogens is 369 g/mol. The Morgan fingerprint density at radius 1 is 1.03 bits per heavy atom. The molecule has 0 atom stereocenters. The summed E-state index contributed by atoms with van der Waals surface area (Å²) in [6.07, 6.45) is 2.33. The zero-order chi connectivity index (χ0) is 20.2. The van der Waals surface area contributed by atoms with Gasteiger partial charge in [-0.25, -0.2) is 14.4 Å². The van der Waals surface area contributed by atoms with Crippen LogP contribution in [0.15, 0.2) is 60.9 Å². The first kappa shape index (κ1) is 18.9. The fraction of sp³-hybridized carbons (Fsp3) is 0.227. The molecule has 1 aromatic heterocycles. The number of nitrogens with zero attached hydrogens (tertiary/aromatic N) is 4. The van der Waals surface area contributed by atoms with Gasteiger partial charge in [-0.3, -0.25) is 4.79 Å². The first-order valence-electron chi connectivity index (χ1n) is 9.51. The van der Waals surface area contributed by atoms with Crippen LogP contribution in [0.1, 0.15) is 11.1 Å². The average molecular weight is 391 g/mol. The fourth-order valence-corrected chi connectivity index (χ4v) is 3.50. The van der Waals surface area contributed by atoms with Gasteiger partial charge in [0.2, 0.25) is 5.91 Å². The van der Waals surface area contributed by atoms with E-state index in [9.17, 15) is 9.18 Å². The quantitative estimate of drug-likeness (QED) is 0.723. The lowest BCUT2D eigenvalue weighted by Gasteiger charge is -2.22. The van der Waals surface area contributed by atoms with E-state index in [1.54, 1.807) is 23.1 Å². The highest BCUT2D eigenvalue weighted by Gasteiger charge is 2.29. The number of halogens is 1. The van der Waals surface area contributed by atoms with Gasteiger partial charge >= 0.3 is 0 Å². The Kier molecular flexibility index (Phi) is 5.37. The summed E-state index contributed by atoms with van der Waals surface area (Å²) in [7, 11) is 1.81. The number of rotatable bonds is 5. The van der Waals surface area contributed by atoms with Gasteiger partial charge in [0.05, 0.1) is 24.3 Å². The molecule has 4 rings (SSSR count). The molecule has 0 saturated carbocycles. The van der Waals surface area contributed by atoms with E-state index in [4.69, 9.17) is 0 Å². The summed E-state index contributed by atoms with van der Waals surface area (Å²) >= 11 is 0. The van der Waals surface area contributed by atoms with E-state index in [-0.39, 0.29) is 24.7 Å². The van der Waals surface area contributed by atoms with Crippen LogP contribution in [-0.4, -0.2) is 36.0 Å². The summed E-state index contributed by atoms with van der Waals surface area (Å²) in [6.45, 7) is 1.00. The Morgan fingerprint density at radius 2 is 1.79 bits per heavy atom. The molecule has 2 aromatic carbocycles. The summed E-state index contributed by atoms with van der Waals surface area (Å²) in [5, 5.41) is 3.36. The number of carbonyl (C=O) groups excluding carboxylic acids is 1. The normalized spacial score (nSPS) is 13.8. The monoisotopic (exact) mass is 391 g/mol. The van der Waals surface area contributed by atoms with E-state index < -0.39 is 5.82 Å². The van der Waals surface area contributed by atoms with E-state index in [1.165, 1.54) is 22.9 Å². The van der Waals surface area contributed by atoms with Crippen molar-refractivity contribution in [2.45, 2.75) is 13.0 Å². The molecule has 1 aliphatic rings. The number of anilines is 3. The molecule has 0 unspecified atom stereocenters. The molecule has 0 aliphatic carbocycles. The maximum absolute atomic E-state index is 14.4. The third-order valence-electron chi connectivity index (χ3n) is 4.97. The van der Waals surface area contributed by atoms with Crippen LogP contribution in [-0.2, 0) is 17.8 Å². The van der Waals surface area contributed by atoms with Crippen molar-refractivity contribution in [3.05, 3.63) is 77.9 Å². The number of hydrogen-bond donors (Lipinski definition) is 1. The number of hydrogen-bond acceptors (Lipinski definition) is 5. The van der Waals surface area contributed by atoms with Crippen molar-refractivity contribution in [3.8, 4) is 0 Å². The number of carbonyl (C=O) groups is 1. The third-order valence-corrected chi connectivity index (χ3v) is 4.97. The van der Waals surface area contributed by atoms with Crippen LogP contribution in [0.5, 0.6) is 0 Å². The topological polar surface area (TPSA) is 61.4 Å². The van der Waals surface area contributed by atoms with Crippen LogP contribution in [0.4, 0.5) is 21.7 Å². The van der Waals surface area contributed by atoms with Gasteiger partial charge in [-0.05, 0) is 24.1 Å². The van der Waals surface area contributed by atoms with Gasteiger partial charge in [0.25, 0.3) is 0 Å². The highest BCUT2D eigenvalue weighted by atomic mass is 19.1. The lowest BCUT2D eigenvalue weighted by molar-refractivity contribution is -0.117. The molecule has 0 saturated heterocycles. The third kappa shape index (κ3) is 4.03. The number of para-hydroxylation sites is 1. The molecular formula is C22H22FN5O.